The fraction of sp³-hybridized carbons (Fsp3) is 0.625. The van der Waals surface area contributed by atoms with Crippen LogP contribution < -0.4 is 20.7 Å². The standard InChI is InChI=1S/C8H15N5O2/c1-3-5-15-8-11-6(13-9)10-7(12-8)14-4-2/h3-5,9H2,1-2H3,(H,10,11,12,13). The molecule has 0 amide bonds. The van der Waals surface area contributed by atoms with Crippen molar-refractivity contribution in [2.45, 2.75) is 20.3 Å². The van der Waals surface area contributed by atoms with Crippen molar-refractivity contribution in [3.8, 4) is 12.0 Å². The second kappa shape index (κ2) is 5.97. The molecular weight excluding hydrogens is 198 g/mol. The van der Waals surface area contributed by atoms with Crippen molar-refractivity contribution in [2.24, 2.45) is 5.84 Å². The van der Waals surface area contributed by atoms with Crippen molar-refractivity contribution >= 4 is 5.95 Å². The van der Waals surface area contributed by atoms with Gasteiger partial charge in [0, 0.05) is 0 Å². The average Bonchev–Trinajstić information content (AvgIpc) is 2.26. The SMILES string of the molecule is CCCOc1nc(NN)nc(OCC)n1. The number of anilines is 1. The molecule has 0 unspecified atom stereocenters. The average molecular weight is 213 g/mol. The second-order valence-electron chi connectivity index (χ2n) is 2.65. The van der Waals surface area contributed by atoms with E-state index in [0.717, 1.165) is 6.42 Å². The summed E-state index contributed by atoms with van der Waals surface area (Å²) in [6.07, 6.45) is 0.876. The van der Waals surface area contributed by atoms with Gasteiger partial charge < -0.3 is 9.47 Å². The molecule has 0 saturated heterocycles. The predicted molar refractivity (Wildman–Crippen MR) is 54.6 cm³/mol. The van der Waals surface area contributed by atoms with Crippen LogP contribution in [0.15, 0.2) is 0 Å². The van der Waals surface area contributed by atoms with Gasteiger partial charge in [-0.1, -0.05) is 6.92 Å². The number of ether oxygens (including phenoxy) is 2. The Labute approximate surface area is 88.0 Å². The van der Waals surface area contributed by atoms with Crippen LogP contribution >= 0.6 is 0 Å². The van der Waals surface area contributed by atoms with Crippen LogP contribution in [-0.2, 0) is 0 Å². The Morgan fingerprint density at radius 3 is 2.33 bits per heavy atom. The number of hydrogen-bond acceptors (Lipinski definition) is 7. The van der Waals surface area contributed by atoms with Crippen molar-refractivity contribution in [3.05, 3.63) is 0 Å². The number of hydrogen-bond donors (Lipinski definition) is 2. The Kier molecular flexibility index (Phi) is 4.55. The first kappa shape index (κ1) is 11.4. The first-order valence-electron chi connectivity index (χ1n) is 4.78. The second-order valence-corrected chi connectivity index (χ2v) is 2.65. The zero-order valence-electron chi connectivity index (χ0n) is 8.86. The molecule has 1 heterocycles. The molecule has 0 aliphatic heterocycles. The quantitative estimate of drug-likeness (QED) is 0.519. The largest absolute Gasteiger partial charge is 0.464 e. The number of nitrogen functional groups attached to an aromatic ring is 1. The van der Waals surface area contributed by atoms with Gasteiger partial charge in [0.2, 0.25) is 5.95 Å². The molecule has 0 aliphatic rings. The lowest BCUT2D eigenvalue weighted by Gasteiger charge is -2.06. The van der Waals surface area contributed by atoms with Crippen LogP contribution in [0.2, 0.25) is 0 Å². The van der Waals surface area contributed by atoms with Crippen LogP contribution in [0.25, 0.3) is 0 Å². The van der Waals surface area contributed by atoms with Crippen LogP contribution in [0.1, 0.15) is 20.3 Å². The van der Waals surface area contributed by atoms with Gasteiger partial charge >= 0.3 is 12.0 Å². The lowest BCUT2D eigenvalue weighted by atomic mass is 10.5. The molecule has 15 heavy (non-hydrogen) atoms. The summed E-state index contributed by atoms with van der Waals surface area (Å²) < 4.78 is 10.4. The summed E-state index contributed by atoms with van der Waals surface area (Å²) >= 11 is 0. The molecule has 0 fully saturated rings. The van der Waals surface area contributed by atoms with Crippen molar-refractivity contribution in [1.29, 1.82) is 0 Å². The molecular formula is C8H15N5O2. The summed E-state index contributed by atoms with van der Waals surface area (Å²) in [7, 11) is 0. The Morgan fingerprint density at radius 1 is 1.13 bits per heavy atom. The van der Waals surface area contributed by atoms with E-state index in [2.05, 4.69) is 20.4 Å². The van der Waals surface area contributed by atoms with Crippen LogP contribution in [0.5, 0.6) is 12.0 Å². The van der Waals surface area contributed by atoms with Crippen LogP contribution in [0.4, 0.5) is 5.95 Å². The van der Waals surface area contributed by atoms with Gasteiger partial charge in [0.05, 0.1) is 13.2 Å². The number of hydrazine groups is 1. The van der Waals surface area contributed by atoms with Gasteiger partial charge in [-0.05, 0) is 13.3 Å². The molecule has 1 aromatic rings. The molecule has 0 aromatic carbocycles. The van der Waals surface area contributed by atoms with Gasteiger partial charge in [-0.15, -0.1) is 4.98 Å². The van der Waals surface area contributed by atoms with Crippen LogP contribution in [0, 0.1) is 0 Å². The molecule has 0 radical (unpaired) electrons. The summed E-state index contributed by atoms with van der Waals surface area (Å²) in [6, 6.07) is 0.412. The monoisotopic (exact) mass is 213 g/mol. The smallest absolute Gasteiger partial charge is 0.324 e. The number of nitrogens with zero attached hydrogens (tertiary/aromatic N) is 3. The maximum atomic E-state index is 5.25. The maximum Gasteiger partial charge on any atom is 0.324 e. The summed E-state index contributed by atoms with van der Waals surface area (Å²) in [4.78, 5) is 11.7. The van der Waals surface area contributed by atoms with Gasteiger partial charge in [-0.2, -0.15) is 9.97 Å². The fourth-order valence-corrected chi connectivity index (χ4v) is 0.854. The highest BCUT2D eigenvalue weighted by Gasteiger charge is 2.06. The molecule has 1 aromatic heterocycles. The van der Waals surface area contributed by atoms with E-state index in [0.29, 0.717) is 13.2 Å². The Balaban J connectivity index is 2.79. The van der Waals surface area contributed by atoms with E-state index in [4.69, 9.17) is 15.3 Å². The normalized spacial score (nSPS) is 9.80. The molecule has 0 spiro atoms. The Hall–Kier alpha value is -1.63. The lowest BCUT2D eigenvalue weighted by Crippen LogP contribution is -2.13. The van der Waals surface area contributed by atoms with Crippen molar-refractivity contribution in [1.82, 2.24) is 15.0 Å². The van der Waals surface area contributed by atoms with Gasteiger partial charge in [0.1, 0.15) is 0 Å². The summed E-state index contributed by atoms with van der Waals surface area (Å²) in [5.41, 5.74) is 2.32. The van der Waals surface area contributed by atoms with Crippen molar-refractivity contribution in [2.75, 3.05) is 18.6 Å². The molecule has 1 rings (SSSR count). The minimum absolute atomic E-state index is 0.201. The Bertz CT molecular complexity index is 307. The van der Waals surface area contributed by atoms with Crippen LogP contribution in [-0.4, -0.2) is 28.2 Å². The third-order valence-electron chi connectivity index (χ3n) is 1.43. The number of aromatic nitrogens is 3. The van der Waals surface area contributed by atoms with E-state index >= 15 is 0 Å². The molecule has 7 heteroatoms. The fourth-order valence-electron chi connectivity index (χ4n) is 0.854. The topological polar surface area (TPSA) is 95.2 Å². The zero-order valence-corrected chi connectivity index (χ0v) is 8.86. The zero-order chi connectivity index (χ0) is 11.1. The first-order chi connectivity index (χ1) is 7.30. The van der Waals surface area contributed by atoms with E-state index in [-0.39, 0.29) is 18.0 Å². The van der Waals surface area contributed by atoms with Crippen LogP contribution in [0.3, 0.4) is 0 Å². The molecule has 3 N–H and O–H groups in total. The predicted octanol–water partition coefficient (Wildman–Crippen LogP) is 0.345. The minimum atomic E-state index is 0.201. The lowest BCUT2D eigenvalue weighted by molar-refractivity contribution is 0.270. The minimum Gasteiger partial charge on any atom is -0.464 e. The van der Waals surface area contributed by atoms with Crippen molar-refractivity contribution < 1.29 is 9.47 Å². The third kappa shape index (κ3) is 3.55. The molecule has 0 atom stereocenters. The summed E-state index contributed by atoms with van der Waals surface area (Å²) in [5.74, 6) is 5.42. The van der Waals surface area contributed by atoms with Crippen molar-refractivity contribution in [3.63, 3.8) is 0 Å². The third-order valence-corrected chi connectivity index (χ3v) is 1.43. The van der Waals surface area contributed by atoms with E-state index in [9.17, 15) is 0 Å². The van der Waals surface area contributed by atoms with E-state index < -0.39 is 0 Å². The highest BCUT2D eigenvalue weighted by molar-refractivity contribution is 5.25. The van der Waals surface area contributed by atoms with E-state index in [1.54, 1.807) is 0 Å². The van der Waals surface area contributed by atoms with Gasteiger partial charge in [0.15, 0.2) is 0 Å². The molecule has 7 nitrogen and oxygen atoms in total. The number of nitrogens with one attached hydrogen (secondary N) is 1. The van der Waals surface area contributed by atoms with E-state index in [1.807, 2.05) is 13.8 Å². The molecule has 0 aliphatic carbocycles. The van der Waals surface area contributed by atoms with E-state index in [1.165, 1.54) is 0 Å². The van der Waals surface area contributed by atoms with Gasteiger partial charge in [-0.25, -0.2) is 5.84 Å². The van der Waals surface area contributed by atoms with Gasteiger partial charge in [-0.3, -0.25) is 5.43 Å². The van der Waals surface area contributed by atoms with Gasteiger partial charge in [0.25, 0.3) is 0 Å². The maximum absolute atomic E-state index is 5.25. The number of nitrogens with two attached hydrogens (primary N) is 1. The highest BCUT2D eigenvalue weighted by Crippen LogP contribution is 2.12. The summed E-state index contributed by atoms with van der Waals surface area (Å²) in [6.45, 7) is 4.85. The molecule has 84 valence electrons. The Morgan fingerprint density at radius 2 is 1.80 bits per heavy atom. The molecule has 0 saturated carbocycles. The molecule has 0 bridgehead atoms. The highest BCUT2D eigenvalue weighted by atomic mass is 16.5. The summed E-state index contributed by atoms with van der Waals surface area (Å²) in [5, 5.41) is 0. The number of rotatable bonds is 6. The first-order valence-corrected chi connectivity index (χ1v) is 4.78.